The number of benzene rings is 2. The van der Waals surface area contributed by atoms with Gasteiger partial charge in [-0.05, 0) is 55.0 Å². The van der Waals surface area contributed by atoms with Gasteiger partial charge in [0.05, 0.1) is 26.8 Å². The molecule has 1 aliphatic heterocycles. The molecule has 1 saturated heterocycles. The molecule has 2 heterocycles. The van der Waals surface area contributed by atoms with Gasteiger partial charge in [0.25, 0.3) is 10.2 Å². The Morgan fingerprint density at radius 2 is 1.68 bits per heavy atom. The Kier molecular flexibility index (Phi) is 8.47. The first-order valence-electron chi connectivity index (χ1n) is 12.1. The lowest BCUT2D eigenvalue weighted by Gasteiger charge is -2.33. The quantitative estimate of drug-likeness (QED) is 0.411. The third kappa shape index (κ3) is 6.88. The third-order valence-electron chi connectivity index (χ3n) is 6.51. The Balaban J connectivity index is 1.61. The van der Waals surface area contributed by atoms with Crippen LogP contribution in [-0.4, -0.2) is 59.3 Å². The van der Waals surface area contributed by atoms with Crippen LogP contribution in [0.25, 0.3) is 23.1 Å². The SMILES string of the molecule is COc1ccc(/C=C/c2nc(N3CCC(CCNS(N)(=O)=O)CC3)c3cc(OC)c(OC)cc3n2)cc1. The second-order valence-electron chi connectivity index (χ2n) is 8.89. The highest BCUT2D eigenvalue weighted by molar-refractivity contribution is 7.87. The van der Waals surface area contributed by atoms with Crippen LogP contribution in [0.1, 0.15) is 30.7 Å². The number of aromatic nitrogens is 2. The molecule has 0 aliphatic carbocycles. The summed E-state index contributed by atoms with van der Waals surface area (Å²) in [7, 11) is 1.19. The van der Waals surface area contributed by atoms with Crippen molar-refractivity contribution in [3.8, 4) is 17.2 Å². The van der Waals surface area contributed by atoms with Crippen molar-refractivity contribution < 1.29 is 22.6 Å². The van der Waals surface area contributed by atoms with E-state index in [0.717, 1.165) is 60.4 Å². The molecule has 1 aromatic heterocycles. The number of nitrogens with zero attached hydrogens (tertiary/aromatic N) is 3. The zero-order valence-electron chi connectivity index (χ0n) is 21.3. The van der Waals surface area contributed by atoms with Crippen molar-refractivity contribution >= 4 is 39.1 Å². The molecule has 2 aromatic carbocycles. The Bertz CT molecular complexity index is 1350. The predicted molar refractivity (Wildman–Crippen MR) is 145 cm³/mol. The van der Waals surface area contributed by atoms with Crippen LogP contribution in [0.4, 0.5) is 5.82 Å². The van der Waals surface area contributed by atoms with Gasteiger partial charge in [0.15, 0.2) is 17.3 Å². The van der Waals surface area contributed by atoms with Crippen LogP contribution < -0.4 is 29.0 Å². The van der Waals surface area contributed by atoms with E-state index < -0.39 is 10.2 Å². The molecule has 0 radical (unpaired) electrons. The molecule has 3 aromatic rings. The Hall–Kier alpha value is -3.41. The van der Waals surface area contributed by atoms with Gasteiger partial charge in [0, 0.05) is 31.1 Å². The summed E-state index contributed by atoms with van der Waals surface area (Å²) in [4.78, 5) is 12.0. The maximum absolute atomic E-state index is 11.2. The van der Waals surface area contributed by atoms with Crippen LogP contribution in [0.2, 0.25) is 0 Å². The topological polar surface area (TPSA) is 129 Å². The van der Waals surface area contributed by atoms with E-state index in [2.05, 4.69) is 9.62 Å². The molecule has 1 aliphatic rings. The number of piperidine rings is 1. The zero-order chi connectivity index (χ0) is 26.4. The number of rotatable bonds is 10. The molecule has 0 atom stereocenters. The minimum atomic E-state index is -3.66. The average Bonchev–Trinajstić information content (AvgIpc) is 2.90. The van der Waals surface area contributed by atoms with Crippen LogP contribution in [0, 0.1) is 5.92 Å². The summed E-state index contributed by atoms with van der Waals surface area (Å²) in [6, 6.07) is 11.6. The molecule has 10 nitrogen and oxygen atoms in total. The van der Waals surface area contributed by atoms with Gasteiger partial charge in [-0.1, -0.05) is 18.2 Å². The number of fused-ring (bicyclic) bond motifs is 1. The predicted octanol–water partition coefficient (Wildman–Crippen LogP) is 3.23. The van der Waals surface area contributed by atoms with Crippen molar-refractivity contribution in [1.29, 1.82) is 0 Å². The molecule has 0 bridgehead atoms. The molecule has 0 amide bonds. The molecule has 0 spiro atoms. The van der Waals surface area contributed by atoms with Gasteiger partial charge < -0.3 is 19.1 Å². The number of nitrogens with one attached hydrogen (secondary N) is 1. The van der Waals surface area contributed by atoms with E-state index >= 15 is 0 Å². The van der Waals surface area contributed by atoms with Crippen molar-refractivity contribution in [3.63, 3.8) is 0 Å². The fourth-order valence-electron chi connectivity index (χ4n) is 4.50. The van der Waals surface area contributed by atoms with Crippen LogP contribution in [0.5, 0.6) is 17.2 Å². The smallest absolute Gasteiger partial charge is 0.274 e. The first-order valence-corrected chi connectivity index (χ1v) is 13.6. The number of hydrogen-bond acceptors (Lipinski definition) is 8. The van der Waals surface area contributed by atoms with Gasteiger partial charge in [-0.2, -0.15) is 8.42 Å². The summed E-state index contributed by atoms with van der Waals surface area (Å²) in [6.45, 7) is 1.93. The summed E-state index contributed by atoms with van der Waals surface area (Å²) < 4.78 is 41.0. The van der Waals surface area contributed by atoms with E-state index in [1.807, 2.05) is 48.6 Å². The molecule has 11 heteroatoms. The van der Waals surface area contributed by atoms with Gasteiger partial charge in [-0.3, -0.25) is 0 Å². The van der Waals surface area contributed by atoms with E-state index in [4.69, 9.17) is 29.3 Å². The molecular weight excluding hydrogens is 494 g/mol. The van der Waals surface area contributed by atoms with Gasteiger partial charge >= 0.3 is 0 Å². The fourth-order valence-corrected chi connectivity index (χ4v) is 4.90. The lowest BCUT2D eigenvalue weighted by atomic mass is 9.93. The highest BCUT2D eigenvalue weighted by atomic mass is 32.2. The van der Waals surface area contributed by atoms with Crippen LogP contribution in [0.3, 0.4) is 0 Å². The van der Waals surface area contributed by atoms with E-state index in [1.54, 1.807) is 21.3 Å². The summed E-state index contributed by atoms with van der Waals surface area (Å²) in [5, 5.41) is 5.93. The van der Waals surface area contributed by atoms with E-state index in [1.165, 1.54) is 0 Å². The Morgan fingerprint density at radius 1 is 1.00 bits per heavy atom. The Labute approximate surface area is 217 Å². The molecule has 0 unspecified atom stereocenters. The minimum absolute atomic E-state index is 0.344. The monoisotopic (exact) mass is 527 g/mol. The van der Waals surface area contributed by atoms with E-state index in [9.17, 15) is 8.42 Å². The molecular formula is C26H33N5O5S. The van der Waals surface area contributed by atoms with Crippen LogP contribution in [-0.2, 0) is 10.2 Å². The molecule has 3 N–H and O–H groups in total. The first kappa shape index (κ1) is 26.6. The van der Waals surface area contributed by atoms with Crippen LogP contribution in [0.15, 0.2) is 36.4 Å². The summed E-state index contributed by atoms with van der Waals surface area (Å²) in [5.74, 6) is 3.84. The lowest BCUT2D eigenvalue weighted by Crippen LogP contribution is -2.37. The van der Waals surface area contributed by atoms with Gasteiger partial charge in [-0.15, -0.1) is 0 Å². The highest BCUT2D eigenvalue weighted by Crippen LogP contribution is 2.36. The summed E-state index contributed by atoms with van der Waals surface area (Å²) >= 11 is 0. The van der Waals surface area contributed by atoms with Crippen molar-refractivity contribution in [2.75, 3.05) is 45.9 Å². The summed E-state index contributed by atoms with van der Waals surface area (Å²) in [5.41, 5.74) is 1.77. The number of hydrogen-bond donors (Lipinski definition) is 2. The first-order chi connectivity index (χ1) is 17.8. The maximum Gasteiger partial charge on any atom is 0.274 e. The number of methoxy groups -OCH3 is 3. The van der Waals surface area contributed by atoms with E-state index in [0.29, 0.717) is 29.8 Å². The summed E-state index contributed by atoms with van der Waals surface area (Å²) in [6.07, 6.45) is 6.45. The van der Waals surface area contributed by atoms with E-state index in [-0.39, 0.29) is 0 Å². The third-order valence-corrected chi connectivity index (χ3v) is 7.12. The van der Waals surface area contributed by atoms with Crippen molar-refractivity contribution in [2.45, 2.75) is 19.3 Å². The molecule has 0 saturated carbocycles. The Morgan fingerprint density at radius 3 is 2.30 bits per heavy atom. The number of ether oxygens (including phenoxy) is 3. The van der Waals surface area contributed by atoms with Crippen molar-refractivity contribution in [1.82, 2.24) is 14.7 Å². The normalized spacial score (nSPS) is 14.9. The molecule has 4 rings (SSSR count). The zero-order valence-corrected chi connectivity index (χ0v) is 22.1. The largest absolute Gasteiger partial charge is 0.497 e. The lowest BCUT2D eigenvalue weighted by molar-refractivity contribution is 0.355. The second kappa shape index (κ2) is 11.8. The standard InChI is InChI=1S/C26H33N5O5S/c1-34-20-7-4-18(5-8-20)6-9-25-29-22-17-24(36-3)23(35-2)16-21(22)26(30-25)31-14-11-19(12-15-31)10-13-28-37(27,32)33/h4-9,16-17,19,28H,10-15H2,1-3H3,(H2,27,32,33)/b9-6+. The number of nitrogens with two attached hydrogens (primary N) is 1. The highest BCUT2D eigenvalue weighted by Gasteiger charge is 2.23. The van der Waals surface area contributed by atoms with Crippen molar-refractivity contribution in [2.24, 2.45) is 11.1 Å². The second-order valence-corrected chi connectivity index (χ2v) is 10.3. The average molecular weight is 528 g/mol. The van der Waals surface area contributed by atoms with Crippen molar-refractivity contribution in [3.05, 3.63) is 47.8 Å². The molecule has 198 valence electrons. The number of anilines is 1. The maximum atomic E-state index is 11.2. The van der Waals surface area contributed by atoms with Gasteiger partial charge in [0.2, 0.25) is 0 Å². The van der Waals surface area contributed by atoms with Crippen LogP contribution >= 0.6 is 0 Å². The fraction of sp³-hybridized carbons (Fsp3) is 0.385. The molecule has 37 heavy (non-hydrogen) atoms. The molecule has 1 fully saturated rings. The van der Waals surface area contributed by atoms with Gasteiger partial charge in [0.1, 0.15) is 11.6 Å². The minimum Gasteiger partial charge on any atom is -0.497 e. The van der Waals surface area contributed by atoms with Gasteiger partial charge in [-0.25, -0.2) is 19.8 Å².